The lowest BCUT2D eigenvalue weighted by atomic mass is 10.0. The molecule has 0 radical (unpaired) electrons. The van der Waals surface area contributed by atoms with Crippen molar-refractivity contribution in [2.75, 3.05) is 13.2 Å². The summed E-state index contributed by atoms with van der Waals surface area (Å²) in [5.74, 6) is -3.35. The van der Waals surface area contributed by atoms with Crippen LogP contribution in [0.4, 0.5) is 4.79 Å². The van der Waals surface area contributed by atoms with Gasteiger partial charge in [0.1, 0.15) is 12.6 Å². The molecule has 1 saturated heterocycles. The van der Waals surface area contributed by atoms with E-state index in [4.69, 9.17) is 15.2 Å². The highest BCUT2D eigenvalue weighted by Crippen LogP contribution is 2.30. The SMILES string of the molecule is CCOC(=O)[C@@]1(O)[C@@H](NC(=O)[C@H](CC(N)=O)NC(=O)OCc2ccccc2)CCN1C(=O)CCCc1ccccc1. The lowest BCUT2D eigenvalue weighted by molar-refractivity contribution is -0.191. The van der Waals surface area contributed by atoms with E-state index in [-0.39, 0.29) is 32.6 Å². The number of nitrogens with two attached hydrogens (primary N) is 1. The Labute approximate surface area is 238 Å². The van der Waals surface area contributed by atoms with Crippen LogP contribution in [-0.4, -0.2) is 70.8 Å². The van der Waals surface area contributed by atoms with Crippen LogP contribution in [0.25, 0.3) is 0 Å². The number of nitrogens with zero attached hydrogens (tertiary/aromatic N) is 1. The fourth-order valence-corrected chi connectivity index (χ4v) is 4.61. The first-order valence-electron chi connectivity index (χ1n) is 13.4. The van der Waals surface area contributed by atoms with Crippen molar-refractivity contribution in [1.29, 1.82) is 0 Å². The number of rotatable bonds is 13. The number of likely N-dealkylation sites (tertiary alicyclic amines) is 1. The molecule has 0 aromatic heterocycles. The Balaban J connectivity index is 1.67. The highest BCUT2D eigenvalue weighted by Gasteiger charge is 2.57. The number of aryl methyl sites for hydroxylation is 1. The van der Waals surface area contributed by atoms with E-state index < -0.39 is 54.0 Å². The molecule has 3 rings (SSSR count). The molecule has 12 heteroatoms. The van der Waals surface area contributed by atoms with Gasteiger partial charge in [-0.15, -0.1) is 0 Å². The van der Waals surface area contributed by atoms with Crippen LogP contribution in [0.15, 0.2) is 60.7 Å². The second-order valence-electron chi connectivity index (χ2n) is 9.61. The average molecular weight is 569 g/mol. The first-order chi connectivity index (χ1) is 19.6. The number of ether oxygens (including phenoxy) is 2. The molecule has 1 aliphatic rings. The Bertz CT molecular complexity index is 1210. The predicted octanol–water partition coefficient (Wildman–Crippen LogP) is 1.15. The van der Waals surface area contributed by atoms with Gasteiger partial charge in [-0.3, -0.25) is 14.4 Å². The number of hydrogen-bond donors (Lipinski definition) is 4. The van der Waals surface area contributed by atoms with Crippen molar-refractivity contribution in [1.82, 2.24) is 15.5 Å². The lowest BCUT2D eigenvalue weighted by Crippen LogP contribution is -2.65. The average Bonchev–Trinajstić information content (AvgIpc) is 3.29. The topological polar surface area (TPSA) is 177 Å². The number of aliphatic hydroxyl groups is 1. The Morgan fingerprint density at radius 3 is 2.27 bits per heavy atom. The predicted molar refractivity (Wildman–Crippen MR) is 147 cm³/mol. The number of hydrogen-bond acceptors (Lipinski definition) is 8. The highest BCUT2D eigenvalue weighted by atomic mass is 16.6. The molecule has 0 aliphatic carbocycles. The number of alkyl carbamates (subject to hydrolysis) is 1. The number of primary amides is 1. The molecule has 0 saturated carbocycles. The zero-order valence-corrected chi connectivity index (χ0v) is 22.9. The molecule has 41 heavy (non-hydrogen) atoms. The van der Waals surface area contributed by atoms with Crippen molar-refractivity contribution < 1.29 is 38.6 Å². The van der Waals surface area contributed by atoms with Crippen molar-refractivity contribution >= 4 is 29.8 Å². The monoisotopic (exact) mass is 568 g/mol. The van der Waals surface area contributed by atoms with E-state index in [0.717, 1.165) is 10.5 Å². The second-order valence-corrected chi connectivity index (χ2v) is 9.61. The van der Waals surface area contributed by atoms with E-state index in [1.807, 2.05) is 30.3 Å². The van der Waals surface area contributed by atoms with Crippen molar-refractivity contribution in [3.8, 4) is 0 Å². The van der Waals surface area contributed by atoms with E-state index in [1.165, 1.54) is 0 Å². The van der Waals surface area contributed by atoms with Crippen LogP contribution in [0.3, 0.4) is 0 Å². The Hall–Kier alpha value is -4.45. The van der Waals surface area contributed by atoms with Crippen molar-refractivity contribution in [2.45, 2.75) is 63.4 Å². The van der Waals surface area contributed by atoms with E-state index >= 15 is 0 Å². The smallest absolute Gasteiger partial charge is 0.408 e. The van der Waals surface area contributed by atoms with E-state index in [0.29, 0.717) is 18.4 Å². The van der Waals surface area contributed by atoms with Gasteiger partial charge in [0, 0.05) is 13.0 Å². The van der Waals surface area contributed by atoms with Gasteiger partial charge in [-0.2, -0.15) is 0 Å². The number of esters is 1. The van der Waals surface area contributed by atoms with Gasteiger partial charge in [0.25, 0.3) is 5.72 Å². The minimum absolute atomic E-state index is 0.0211. The highest BCUT2D eigenvalue weighted by molar-refractivity contribution is 5.93. The molecule has 220 valence electrons. The van der Waals surface area contributed by atoms with Crippen molar-refractivity contribution in [3.63, 3.8) is 0 Å². The van der Waals surface area contributed by atoms with Gasteiger partial charge in [0.05, 0.1) is 19.1 Å². The maximum atomic E-state index is 13.2. The number of amides is 4. The molecular formula is C29H36N4O8. The largest absolute Gasteiger partial charge is 0.462 e. The lowest BCUT2D eigenvalue weighted by Gasteiger charge is -2.35. The maximum Gasteiger partial charge on any atom is 0.408 e. The second kappa shape index (κ2) is 14.8. The molecule has 4 amide bonds. The first kappa shape index (κ1) is 31.1. The summed E-state index contributed by atoms with van der Waals surface area (Å²) < 4.78 is 10.2. The van der Waals surface area contributed by atoms with Crippen molar-refractivity contribution in [2.24, 2.45) is 5.73 Å². The molecule has 0 spiro atoms. The summed E-state index contributed by atoms with van der Waals surface area (Å²) in [7, 11) is 0. The fourth-order valence-electron chi connectivity index (χ4n) is 4.61. The van der Waals surface area contributed by atoms with Crippen LogP contribution in [0.5, 0.6) is 0 Å². The summed E-state index contributed by atoms with van der Waals surface area (Å²) in [6, 6.07) is 15.7. The molecule has 2 aromatic carbocycles. The number of nitrogens with one attached hydrogen (secondary N) is 2. The molecular weight excluding hydrogens is 532 g/mol. The zero-order chi connectivity index (χ0) is 29.8. The van der Waals surface area contributed by atoms with E-state index in [2.05, 4.69) is 10.6 Å². The van der Waals surface area contributed by atoms with Crippen LogP contribution in [-0.2, 0) is 41.7 Å². The minimum atomic E-state index is -2.49. The van der Waals surface area contributed by atoms with Gasteiger partial charge >= 0.3 is 12.1 Å². The van der Waals surface area contributed by atoms with Crippen LogP contribution < -0.4 is 16.4 Å². The minimum Gasteiger partial charge on any atom is -0.462 e. The summed E-state index contributed by atoms with van der Waals surface area (Å²) in [5.41, 5.74) is 4.55. The van der Waals surface area contributed by atoms with Gasteiger partial charge < -0.3 is 35.8 Å². The van der Waals surface area contributed by atoms with Crippen molar-refractivity contribution in [3.05, 3.63) is 71.8 Å². The third-order valence-electron chi connectivity index (χ3n) is 6.66. The number of benzene rings is 2. The summed E-state index contributed by atoms with van der Waals surface area (Å²) >= 11 is 0. The molecule has 1 heterocycles. The quantitative estimate of drug-likeness (QED) is 0.260. The third kappa shape index (κ3) is 8.52. The van der Waals surface area contributed by atoms with Gasteiger partial charge in [-0.1, -0.05) is 60.7 Å². The Morgan fingerprint density at radius 2 is 1.66 bits per heavy atom. The zero-order valence-electron chi connectivity index (χ0n) is 22.9. The molecule has 2 aromatic rings. The van der Waals surface area contributed by atoms with Crippen LogP contribution in [0.2, 0.25) is 0 Å². The van der Waals surface area contributed by atoms with Gasteiger partial charge in [0.2, 0.25) is 17.7 Å². The Morgan fingerprint density at radius 1 is 1.02 bits per heavy atom. The normalized spacial score (nSPS) is 18.7. The molecule has 5 N–H and O–H groups in total. The maximum absolute atomic E-state index is 13.2. The van der Waals surface area contributed by atoms with E-state index in [1.54, 1.807) is 37.3 Å². The number of carbonyl (C=O) groups is 5. The number of carbonyl (C=O) groups excluding carboxylic acids is 5. The summed E-state index contributed by atoms with van der Waals surface area (Å²) in [4.78, 5) is 64.2. The molecule has 3 atom stereocenters. The molecule has 12 nitrogen and oxygen atoms in total. The molecule has 1 fully saturated rings. The van der Waals surface area contributed by atoms with E-state index in [9.17, 15) is 29.1 Å². The molecule has 0 bridgehead atoms. The van der Waals surface area contributed by atoms with Crippen LogP contribution in [0, 0.1) is 0 Å². The first-order valence-corrected chi connectivity index (χ1v) is 13.4. The van der Waals surface area contributed by atoms with Gasteiger partial charge in [0.15, 0.2) is 0 Å². The standard InChI is InChI=1S/C29H36N4O8/c1-2-40-27(37)29(39)23(16-17-33(29)25(35)15-9-14-20-10-5-3-6-11-20)32-26(36)22(18-24(30)34)31-28(38)41-19-21-12-7-4-8-13-21/h3-8,10-13,22-23,39H,2,9,14-19H2,1H3,(H2,30,34)(H,31,38)(H,32,36)/t22-,23-,29-/m0/s1. The summed E-state index contributed by atoms with van der Waals surface area (Å²) in [6.07, 6.45) is -0.371. The van der Waals surface area contributed by atoms with Crippen LogP contribution in [0.1, 0.15) is 43.7 Å². The van der Waals surface area contributed by atoms with Gasteiger partial charge in [-0.05, 0) is 37.3 Å². The third-order valence-corrected chi connectivity index (χ3v) is 6.66. The van der Waals surface area contributed by atoms with Crippen LogP contribution >= 0.6 is 0 Å². The molecule has 1 aliphatic heterocycles. The summed E-state index contributed by atoms with van der Waals surface area (Å²) in [5, 5.41) is 16.3. The summed E-state index contributed by atoms with van der Waals surface area (Å²) in [6.45, 7) is 1.36. The molecule has 0 unspecified atom stereocenters. The van der Waals surface area contributed by atoms with Gasteiger partial charge in [-0.25, -0.2) is 9.59 Å². The Kier molecular flexibility index (Phi) is 11.2. The fraction of sp³-hybridized carbons (Fsp3) is 0.414.